The highest BCUT2D eigenvalue weighted by Crippen LogP contribution is 2.47. The number of aromatic hydroxyl groups is 1. The fourth-order valence-corrected chi connectivity index (χ4v) is 7.02. The van der Waals surface area contributed by atoms with Crippen LogP contribution in [0.25, 0.3) is 0 Å². The third-order valence-corrected chi connectivity index (χ3v) is 9.86. The lowest BCUT2D eigenvalue weighted by atomic mass is 9.67. The maximum absolute atomic E-state index is 13.3. The third kappa shape index (κ3) is 11.1. The van der Waals surface area contributed by atoms with Gasteiger partial charge in [-0.25, -0.2) is 19.2 Å². The molecule has 0 aromatic heterocycles. The highest BCUT2D eigenvalue weighted by Gasteiger charge is 2.37. The number of fused-ring (bicyclic) bond motifs is 2. The molecule has 60 heavy (non-hydrogen) atoms. The van der Waals surface area contributed by atoms with E-state index in [1.54, 1.807) is 37.3 Å². The standard InChI is InChI=1S/C42H41N5O13/c1-2-32(43-20-35(50)44-24-5-3-21(4-6-24)15-34(41(58)59)47-42(60)46-33(40(56)57)13-14-36(51)52)38(53)45-25-7-10-30(31(19-25)39(54)55)37-28-11-8-26(48)17-22(28)16-23-18-27(49)9-12-29(23)37/h3-12,17-19,28,33-34,37,49H,2,13-16,20H2,1H3,(H,44,50)(H,45,53)(H,51,52)(H,54,55)(H,56,57)(H,58,59)(H2,46,47,60)/t28?,33-,34-,37?/m0/s1. The number of carboxylic acids is 4. The molecule has 4 amide bonds. The van der Waals surface area contributed by atoms with Crippen LogP contribution in [0.15, 0.2) is 89.5 Å². The van der Waals surface area contributed by atoms with Crippen LogP contribution in [-0.2, 0) is 41.6 Å². The van der Waals surface area contributed by atoms with Crippen LogP contribution in [0.2, 0.25) is 0 Å². The topological polar surface area (TPSA) is 298 Å². The second kappa shape index (κ2) is 19.2. The number of urea groups is 1. The number of hydrogen-bond acceptors (Lipinski definition) is 10. The zero-order valence-corrected chi connectivity index (χ0v) is 32.0. The summed E-state index contributed by atoms with van der Waals surface area (Å²) in [5, 5.41) is 57.6. The Morgan fingerprint density at radius 2 is 1.48 bits per heavy atom. The Morgan fingerprint density at radius 1 is 0.817 bits per heavy atom. The van der Waals surface area contributed by atoms with Crippen molar-refractivity contribution in [2.45, 2.75) is 57.0 Å². The van der Waals surface area contributed by atoms with E-state index < -0.39 is 79.1 Å². The van der Waals surface area contributed by atoms with Gasteiger partial charge in [0.15, 0.2) is 5.78 Å². The average molecular weight is 824 g/mol. The minimum absolute atomic E-state index is 0.00191. The van der Waals surface area contributed by atoms with Crippen LogP contribution in [-0.4, -0.2) is 97.4 Å². The van der Waals surface area contributed by atoms with E-state index in [1.165, 1.54) is 48.6 Å². The fraction of sp³-hybridized carbons (Fsp3) is 0.262. The van der Waals surface area contributed by atoms with Crippen molar-refractivity contribution in [2.24, 2.45) is 10.9 Å². The minimum Gasteiger partial charge on any atom is -0.508 e. The predicted molar refractivity (Wildman–Crippen MR) is 214 cm³/mol. The highest BCUT2D eigenvalue weighted by molar-refractivity contribution is 6.43. The smallest absolute Gasteiger partial charge is 0.336 e. The number of amides is 4. The van der Waals surface area contributed by atoms with Gasteiger partial charge in [0.25, 0.3) is 5.91 Å². The average Bonchev–Trinajstić information content (AvgIpc) is 3.18. The Morgan fingerprint density at radius 3 is 2.13 bits per heavy atom. The van der Waals surface area contributed by atoms with Gasteiger partial charge in [0.05, 0.1) is 5.56 Å². The van der Waals surface area contributed by atoms with Crippen LogP contribution in [0, 0.1) is 5.92 Å². The number of hydrogen-bond donors (Lipinski definition) is 9. The molecule has 0 heterocycles. The Labute approximate surface area is 341 Å². The number of phenolic OH excluding ortho intramolecular Hbond substituents is 1. The molecule has 5 rings (SSSR count). The first kappa shape index (κ1) is 43.5. The Balaban J connectivity index is 1.21. The van der Waals surface area contributed by atoms with Gasteiger partial charge >= 0.3 is 29.9 Å². The number of carbonyl (C=O) groups is 8. The number of rotatable bonds is 17. The number of nitrogens with zero attached hydrogens (tertiary/aromatic N) is 1. The second-order valence-electron chi connectivity index (χ2n) is 14.0. The quantitative estimate of drug-likeness (QED) is 0.0882. The molecule has 0 saturated heterocycles. The molecule has 2 unspecified atom stereocenters. The summed E-state index contributed by atoms with van der Waals surface area (Å²) < 4.78 is 0. The lowest BCUT2D eigenvalue weighted by Crippen LogP contribution is -2.51. The molecule has 18 heteroatoms. The molecule has 2 aliphatic rings. The summed E-state index contributed by atoms with van der Waals surface area (Å²) in [6.45, 7) is 1.20. The number of carbonyl (C=O) groups excluding carboxylic acids is 4. The summed E-state index contributed by atoms with van der Waals surface area (Å²) >= 11 is 0. The monoisotopic (exact) mass is 823 g/mol. The molecular formula is C42H41N5O13. The van der Waals surface area contributed by atoms with Crippen molar-refractivity contribution in [3.8, 4) is 5.75 Å². The van der Waals surface area contributed by atoms with Gasteiger partial charge in [-0.3, -0.25) is 24.2 Å². The molecule has 2 aliphatic carbocycles. The summed E-state index contributed by atoms with van der Waals surface area (Å²) in [7, 11) is 0. The summed E-state index contributed by atoms with van der Waals surface area (Å²) in [5.74, 6) is -7.64. The van der Waals surface area contributed by atoms with Crippen LogP contribution < -0.4 is 21.3 Å². The van der Waals surface area contributed by atoms with Crippen molar-refractivity contribution in [2.75, 3.05) is 17.2 Å². The van der Waals surface area contributed by atoms with Gasteiger partial charge in [0.2, 0.25) is 5.91 Å². The van der Waals surface area contributed by atoms with Gasteiger partial charge in [0.1, 0.15) is 30.1 Å². The summed E-state index contributed by atoms with van der Waals surface area (Å²) in [5.41, 5.74) is 3.62. The third-order valence-electron chi connectivity index (χ3n) is 9.86. The van der Waals surface area contributed by atoms with E-state index in [1.807, 2.05) is 0 Å². The lowest BCUT2D eigenvalue weighted by molar-refractivity contribution is -0.140. The number of aliphatic imine (C=N–C) groups is 1. The number of benzene rings is 3. The highest BCUT2D eigenvalue weighted by atomic mass is 16.4. The molecule has 0 saturated carbocycles. The largest absolute Gasteiger partial charge is 0.508 e. The van der Waals surface area contributed by atoms with Crippen molar-refractivity contribution in [3.63, 3.8) is 0 Å². The molecule has 0 fully saturated rings. The van der Waals surface area contributed by atoms with Gasteiger partial charge < -0.3 is 46.8 Å². The SMILES string of the molecule is CCC(=NCC(=O)Nc1ccc(C[C@H](NC(=O)N[C@@H](CCC(=O)O)C(=O)O)C(=O)O)cc1)C(=O)Nc1ccc(C2c3ccc(O)cc3CC3=CC(=O)C=CC32)c(C(=O)O)c1. The van der Waals surface area contributed by atoms with Crippen molar-refractivity contribution in [1.29, 1.82) is 0 Å². The van der Waals surface area contributed by atoms with Gasteiger partial charge in [-0.15, -0.1) is 0 Å². The second-order valence-corrected chi connectivity index (χ2v) is 14.0. The maximum atomic E-state index is 13.3. The molecular weight excluding hydrogens is 782 g/mol. The molecule has 3 aromatic rings. The zero-order chi connectivity index (χ0) is 43.7. The van der Waals surface area contributed by atoms with Gasteiger partial charge in [0, 0.05) is 36.1 Å². The predicted octanol–water partition coefficient (Wildman–Crippen LogP) is 3.50. The number of ketones is 1. The van der Waals surface area contributed by atoms with Crippen molar-refractivity contribution in [1.82, 2.24) is 10.6 Å². The maximum Gasteiger partial charge on any atom is 0.336 e. The van der Waals surface area contributed by atoms with E-state index in [4.69, 9.17) is 5.11 Å². The van der Waals surface area contributed by atoms with E-state index >= 15 is 0 Å². The van der Waals surface area contributed by atoms with Crippen LogP contribution >= 0.6 is 0 Å². The zero-order valence-electron chi connectivity index (χ0n) is 32.0. The van der Waals surface area contributed by atoms with Crippen LogP contribution in [0.1, 0.15) is 64.7 Å². The summed E-state index contributed by atoms with van der Waals surface area (Å²) in [4.78, 5) is 101. The molecule has 0 aliphatic heterocycles. The molecule has 0 spiro atoms. The molecule has 0 bridgehead atoms. The number of phenols is 1. The van der Waals surface area contributed by atoms with Gasteiger partial charge in [-0.1, -0.05) is 42.8 Å². The number of anilines is 2. The lowest BCUT2D eigenvalue weighted by Gasteiger charge is -2.36. The Hall–Kier alpha value is -7.63. The molecule has 0 radical (unpaired) electrons. The van der Waals surface area contributed by atoms with Crippen LogP contribution in [0.4, 0.5) is 16.2 Å². The summed E-state index contributed by atoms with van der Waals surface area (Å²) in [6.07, 6.45) is 4.11. The normalized spacial score (nSPS) is 16.5. The van der Waals surface area contributed by atoms with Crippen molar-refractivity contribution < 1.29 is 63.9 Å². The Kier molecular flexibility index (Phi) is 13.9. The minimum atomic E-state index is -1.56. The van der Waals surface area contributed by atoms with E-state index in [0.717, 1.165) is 16.7 Å². The number of aliphatic carboxylic acids is 3. The van der Waals surface area contributed by atoms with Crippen LogP contribution in [0.5, 0.6) is 5.75 Å². The van der Waals surface area contributed by atoms with Gasteiger partial charge in [-0.2, -0.15) is 0 Å². The van der Waals surface area contributed by atoms with Crippen molar-refractivity contribution in [3.05, 3.63) is 112 Å². The molecule has 3 aromatic carbocycles. The molecule has 312 valence electrons. The van der Waals surface area contributed by atoms with Gasteiger partial charge in [-0.05, 0) is 90.1 Å². The molecule has 18 nitrogen and oxygen atoms in total. The number of carboxylic acid groups (broad SMARTS) is 4. The Bertz CT molecular complexity index is 2330. The first-order valence-electron chi connectivity index (χ1n) is 18.6. The summed E-state index contributed by atoms with van der Waals surface area (Å²) in [6, 6.07) is 11.1. The first-order valence-corrected chi connectivity index (χ1v) is 18.6. The van der Waals surface area contributed by atoms with E-state index in [0.29, 0.717) is 23.2 Å². The van der Waals surface area contributed by atoms with Crippen molar-refractivity contribution >= 4 is 64.6 Å². The van der Waals surface area contributed by atoms with E-state index in [2.05, 4.69) is 26.3 Å². The van der Waals surface area contributed by atoms with E-state index in [9.17, 15) is 58.8 Å². The van der Waals surface area contributed by atoms with E-state index in [-0.39, 0.29) is 47.3 Å². The first-order chi connectivity index (χ1) is 28.5. The number of aromatic carboxylic acids is 1. The number of nitrogens with one attached hydrogen (secondary N) is 4. The molecule has 4 atom stereocenters. The molecule has 9 N–H and O–H groups in total. The number of allylic oxidation sites excluding steroid dienone is 4. The van der Waals surface area contributed by atoms with Crippen LogP contribution in [0.3, 0.4) is 0 Å². The fourth-order valence-electron chi connectivity index (χ4n) is 7.02.